The highest BCUT2D eigenvalue weighted by atomic mass is 32.1. The summed E-state index contributed by atoms with van der Waals surface area (Å²) in [5, 5.41) is 3.49. The van der Waals surface area contributed by atoms with Crippen LogP contribution in [0.25, 0.3) is 11.4 Å². The number of carbonyl (C=O) groups is 1. The third-order valence-corrected chi connectivity index (χ3v) is 5.96. The van der Waals surface area contributed by atoms with Crippen LogP contribution in [-0.4, -0.2) is 57.4 Å². The molecule has 2 aromatic rings. The molecule has 1 aliphatic carbocycles. The number of anilines is 1. The number of rotatable bonds is 3. The highest BCUT2D eigenvalue weighted by molar-refractivity contribution is 7.10. The van der Waals surface area contributed by atoms with E-state index < -0.39 is 0 Å². The predicted octanol–water partition coefficient (Wildman–Crippen LogP) is 3.69. The van der Waals surface area contributed by atoms with Gasteiger partial charge in [-0.05, 0) is 19.3 Å². The Hall–Kier alpha value is -1.99. The van der Waals surface area contributed by atoms with Crippen molar-refractivity contribution in [2.75, 3.05) is 31.5 Å². The van der Waals surface area contributed by atoms with Gasteiger partial charge in [-0.3, -0.25) is 10.2 Å². The predicted molar refractivity (Wildman–Crippen MR) is 104 cm³/mol. The number of nitrogens with zero attached hydrogens (tertiary/aromatic N) is 4. The smallest absolute Gasteiger partial charge is 0.323 e. The first-order valence-electron chi connectivity index (χ1n) is 9.49. The third-order valence-electron chi connectivity index (χ3n) is 5.33. The Labute approximate surface area is 158 Å². The minimum atomic E-state index is -0.0611. The van der Waals surface area contributed by atoms with Gasteiger partial charge in [0.25, 0.3) is 0 Å². The Bertz CT molecular complexity index is 729. The van der Waals surface area contributed by atoms with E-state index in [-0.39, 0.29) is 6.03 Å². The summed E-state index contributed by atoms with van der Waals surface area (Å²) in [5.74, 6) is 0.661. The molecule has 2 aliphatic rings. The van der Waals surface area contributed by atoms with Gasteiger partial charge in [-0.2, -0.15) is 9.36 Å². The Balaban J connectivity index is 1.34. The molecule has 1 aliphatic heterocycles. The zero-order chi connectivity index (χ0) is 17.8. The van der Waals surface area contributed by atoms with E-state index in [1.807, 2.05) is 35.2 Å². The molecule has 4 rings (SSSR count). The second-order valence-electron chi connectivity index (χ2n) is 7.03. The molecule has 0 radical (unpaired) electrons. The van der Waals surface area contributed by atoms with E-state index in [1.165, 1.54) is 37.2 Å². The van der Waals surface area contributed by atoms with Crippen molar-refractivity contribution in [3.8, 4) is 11.4 Å². The van der Waals surface area contributed by atoms with E-state index in [2.05, 4.69) is 19.6 Å². The minimum absolute atomic E-state index is 0.0611. The molecule has 2 fully saturated rings. The number of hydrogen-bond donors (Lipinski definition) is 1. The van der Waals surface area contributed by atoms with Crippen LogP contribution in [0.1, 0.15) is 32.1 Å². The fourth-order valence-electron chi connectivity index (χ4n) is 3.92. The Morgan fingerprint density at radius 3 is 2.65 bits per heavy atom. The van der Waals surface area contributed by atoms with Crippen molar-refractivity contribution in [2.45, 2.75) is 38.1 Å². The maximum atomic E-state index is 12.6. The largest absolute Gasteiger partial charge is 0.323 e. The second-order valence-corrected chi connectivity index (χ2v) is 7.79. The van der Waals surface area contributed by atoms with Crippen molar-refractivity contribution in [1.82, 2.24) is 19.2 Å². The summed E-state index contributed by atoms with van der Waals surface area (Å²) >= 11 is 1.23. The average Bonchev–Trinajstić information content (AvgIpc) is 3.30. The number of benzene rings is 1. The lowest BCUT2D eigenvalue weighted by molar-refractivity contribution is 0.195. The first-order chi connectivity index (χ1) is 12.8. The van der Waals surface area contributed by atoms with E-state index in [9.17, 15) is 4.79 Å². The average molecular weight is 372 g/mol. The maximum absolute atomic E-state index is 12.6. The standard InChI is InChI=1S/C19H25N5OS/c25-19(21-18-20-17(22-26-18)15-7-2-1-3-8-15)24-12-6-11-23(13-14-24)16-9-4-5-10-16/h1-3,7-8,16H,4-6,9-14H2,(H,20,21,22,25). The lowest BCUT2D eigenvalue weighted by Gasteiger charge is -2.27. The minimum Gasteiger partial charge on any atom is -0.323 e. The van der Waals surface area contributed by atoms with E-state index in [4.69, 9.17) is 0 Å². The molecule has 2 amide bonds. The molecule has 2 heterocycles. The van der Waals surface area contributed by atoms with Gasteiger partial charge < -0.3 is 4.90 Å². The van der Waals surface area contributed by atoms with E-state index in [0.29, 0.717) is 11.0 Å². The summed E-state index contributed by atoms with van der Waals surface area (Å²) in [7, 11) is 0. The maximum Gasteiger partial charge on any atom is 0.323 e. The molecule has 1 aromatic carbocycles. The van der Waals surface area contributed by atoms with E-state index in [0.717, 1.165) is 44.2 Å². The van der Waals surface area contributed by atoms with Crippen LogP contribution in [0.15, 0.2) is 30.3 Å². The summed E-state index contributed by atoms with van der Waals surface area (Å²) < 4.78 is 4.36. The van der Waals surface area contributed by atoms with Gasteiger partial charge >= 0.3 is 6.03 Å². The summed E-state index contributed by atoms with van der Waals surface area (Å²) in [5.41, 5.74) is 0.964. The van der Waals surface area contributed by atoms with Gasteiger partial charge in [0.15, 0.2) is 5.82 Å². The van der Waals surface area contributed by atoms with Crippen LogP contribution in [-0.2, 0) is 0 Å². The molecule has 0 bridgehead atoms. The van der Waals surface area contributed by atoms with Gasteiger partial charge in [0.2, 0.25) is 5.13 Å². The molecule has 0 unspecified atom stereocenters. The molecule has 26 heavy (non-hydrogen) atoms. The lowest BCUT2D eigenvalue weighted by Crippen LogP contribution is -2.40. The fraction of sp³-hybridized carbons (Fsp3) is 0.526. The normalized spacial score (nSPS) is 19.5. The Morgan fingerprint density at radius 1 is 1.04 bits per heavy atom. The number of carbonyl (C=O) groups excluding carboxylic acids is 1. The molecule has 0 atom stereocenters. The van der Waals surface area contributed by atoms with Crippen LogP contribution in [0.5, 0.6) is 0 Å². The van der Waals surface area contributed by atoms with Gasteiger partial charge in [0, 0.05) is 49.3 Å². The van der Waals surface area contributed by atoms with Crippen LogP contribution < -0.4 is 5.32 Å². The molecular formula is C19H25N5OS. The van der Waals surface area contributed by atoms with Gasteiger partial charge in [-0.15, -0.1) is 0 Å². The van der Waals surface area contributed by atoms with Crippen LogP contribution in [0.2, 0.25) is 0 Å². The van der Waals surface area contributed by atoms with Crippen LogP contribution in [0.4, 0.5) is 9.93 Å². The molecule has 0 spiro atoms. The highest BCUT2D eigenvalue weighted by Gasteiger charge is 2.26. The van der Waals surface area contributed by atoms with E-state index >= 15 is 0 Å². The van der Waals surface area contributed by atoms with Crippen molar-refractivity contribution in [1.29, 1.82) is 0 Å². The third kappa shape index (κ3) is 4.04. The molecule has 1 saturated carbocycles. The SMILES string of the molecule is O=C(Nc1nc(-c2ccccc2)ns1)N1CCCN(C2CCCC2)CC1. The van der Waals surface area contributed by atoms with Gasteiger partial charge in [0.05, 0.1) is 0 Å². The van der Waals surface area contributed by atoms with Crippen LogP contribution in [0, 0.1) is 0 Å². The molecule has 6 nitrogen and oxygen atoms in total. The van der Waals surface area contributed by atoms with Gasteiger partial charge in [-0.25, -0.2) is 4.79 Å². The van der Waals surface area contributed by atoms with Crippen molar-refractivity contribution >= 4 is 22.7 Å². The summed E-state index contributed by atoms with van der Waals surface area (Å²) in [6.45, 7) is 3.67. The van der Waals surface area contributed by atoms with Crippen molar-refractivity contribution in [3.05, 3.63) is 30.3 Å². The molecule has 1 N–H and O–H groups in total. The number of urea groups is 1. The van der Waals surface area contributed by atoms with Crippen LogP contribution in [0.3, 0.4) is 0 Å². The summed E-state index contributed by atoms with van der Waals surface area (Å²) in [4.78, 5) is 21.6. The monoisotopic (exact) mass is 371 g/mol. The fourth-order valence-corrected chi connectivity index (χ4v) is 4.50. The zero-order valence-corrected chi connectivity index (χ0v) is 15.7. The first-order valence-corrected chi connectivity index (χ1v) is 10.3. The molecule has 7 heteroatoms. The van der Waals surface area contributed by atoms with Gasteiger partial charge in [0.1, 0.15) is 0 Å². The Morgan fingerprint density at radius 2 is 1.85 bits per heavy atom. The highest BCUT2D eigenvalue weighted by Crippen LogP contribution is 2.25. The second kappa shape index (κ2) is 8.14. The molecule has 1 saturated heterocycles. The number of aromatic nitrogens is 2. The Kier molecular flexibility index (Phi) is 5.45. The molecule has 138 valence electrons. The summed E-state index contributed by atoms with van der Waals surface area (Å²) in [6.07, 6.45) is 6.38. The molecule has 1 aromatic heterocycles. The van der Waals surface area contributed by atoms with Gasteiger partial charge in [-0.1, -0.05) is 43.2 Å². The topological polar surface area (TPSA) is 61.4 Å². The quantitative estimate of drug-likeness (QED) is 0.894. The van der Waals surface area contributed by atoms with Crippen molar-refractivity contribution < 1.29 is 4.79 Å². The molecular weight excluding hydrogens is 346 g/mol. The number of hydrogen-bond acceptors (Lipinski definition) is 5. The van der Waals surface area contributed by atoms with Crippen molar-refractivity contribution in [2.24, 2.45) is 0 Å². The van der Waals surface area contributed by atoms with E-state index in [1.54, 1.807) is 0 Å². The lowest BCUT2D eigenvalue weighted by atomic mass is 10.2. The zero-order valence-electron chi connectivity index (χ0n) is 14.9. The number of nitrogens with one attached hydrogen (secondary N) is 1. The van der Waals surface area contributed by atoms with Crippen molar-refractivity contribution in [3.63, 3.8) is 0 Å². The summed E-state index contributed by atoms with van der Waals surface area (Å²) in [6, 6.07) is 10.5. The number of amides is 2. The van der Waals surface area contributed by atoms with Crippen LogP contribution >= 0.6 is 11.5 Å². The first kappa shape index (κ1) is 17.4.